The summed E-state index contributed by atoms with van der Waals surface area (Å²) in [6.07, 6.45) is 8.52. The number of hydrogen-bond acceptors (Lipinski definition) is 3. The molecule has 1 aromatic carbocycles. The van der Waals surface area contributed by atoms with Gasteiger partial charge in [-0.05, 0) is 55.8 Å². The van der Waals surface area contributed by atoms with Crippen LogP contribution in [0.15, 0.2) is 24.3 Å². The van der Waals surface area contributed by atoms with E-state index in [0.29, 0.717) is 6.54 Å². The Labute approximate surface area is 128 Å². The van der Waals surface area contributed by atoms with Gasteiger partial charge in [0.05, 0.1) is 0 Å². The van der Waals surface area contributed by atoms with Crippen molar-refractivity contribution in [1.82, 2.24) is 4.90 Å². The van der Waals surface area contributed by atoms with Gasteiger partial charge < -0.3 is 10.5 Å². The second-order valence-electron chi connectivity index (χ2n) is 6.49. The number of rotatable bonds is 5. The molecule has 0 radical (unpaired) electrons. The Morgan fingerprint density at radius 3 is 2.62 bits per heavy atom. The fourth-order valence-electron chi connectivity index (χ4n) is 4.01. The Kier molecular flexibility index (Phi) is 5.15. The zero-order chi connectivity index (χ0) is 14.5. The highest BCUT2D eigenvalue weighted by Crippen LogP contribution is 2.34. The molecular weight excluding hydrogens is 260 g/mol. The minimum Gasteiger partial charge on any atom is -0.492 e. The molecule has 21 heavy (non-hydrogen) atoms. The van der Waals surface area contributed by atoms with Gasteiger partial charge in [-0.25, -0.2) is 0 Å². The summed E-state index contributed by atoms with van der Waals surface area (Å²) in [6, 6.07) is 8.99. The molecule has 0 amide bonds. The van der Waals surface area contributed by atoms with Crippen molar-refractivity contribution in [3.05, 3.63) is 29.8 Å². The summed E-state index contributed by atoms with van der Waals surface area (Å²) in [4.78, 5) is 2.68. The largest absolute Gasteiger partial charge is 0.492 e. The Balaban J connectivity index is 1.47. The molecule has 1 saturated heterocycles. The fourth-order valence-corrected chi connectivity index (χ4v) is 4.01. The molecule has 1 aromatic rings. The van der Waals surface area contributed by atoms with E-state index in [4.69, 9.17) is 10.5 Å². The lowest BCUT2D eigenvalue weighted by Crippen LogP contribution is -2.48. The number of nitrogens with two attached hydrogens (primary N) is 1. The van der Waals surface area contributed by atoms with Crippen LogP contribution in [-0.4, -0.2) is 30.6 Å². The van der Waals surface area contributed by atoms with E-state index < -0.39 is 0 Å². The van der Waals surface area contributed by atoms with Gasteiger partial charge in [0.2, 0.25) is 0 Å². The molecule has 2 N–H and O–H groups in total. The average molecular weight is 288 g/mol. The van der Waals surface area contributed by atoms with E-state index >= 15 is 0 Å². The fraction of sp³-hybridized carbons (Fsp3) is 0.667. The molecule has 116 valence electrons. The second kappa shape index (κ2) is 7.28. The van der Waals surface area contributed by atoms with Crippen LogP contribution in [0, 0.1) is 5.92 Å². The van der Waals surface area contributed by atoms with E-state index in [9.17, 15) is 0 Å². The van der Waals surface area contributed by atoms with Crippen LogP contribution >= 0.6 is 0 Å². The monoisotopic (exact) mass is 288 g/mol. The lowest BCUT2D eigenvalue weighted by Gasteiger charge is -2.44. The van der Waals surface area contributed by atoms with E-state index in [-0.39, 0.29) is 0 Å². The van der Waals surface area contributed by atoms with Gasteiger partial charge in [-0.15, -0.1) is 0 Å². The summed E-state index contributed by atoms with van der Waals surface area (Å²) in [5, 5.41) is 0. The zero-order valence-electron chi connectivity index (χ0n) is 13.0. The van der Waals surface area contributed by atoms with Crippen molar-refractivity contribution < 1.29 is 4.74 Å². The van der Waals surface area contributed by atoms with Gasteiger partial charge in [0.1, 0.15) is 12.4 Å². The van der Waals surface area contributed by atoms with Crippen molar-refractivity contribution in [2.45, 2.75) is 51.1 Å². The van der Waals surface area contributed by atoms with Crippen LogP contribution in [0.25, 0.3) is 0 Å². The SMILES string of the molecule is NCc1ccc(OCCN2CCC[C@H]3CCCC[C@H]32)cc1. The number of piperidine rings is 1. The topological polar surface area (TPSA) is 38.5 Å². The zero-order valence-corrected chi connectivity index (χ0v) is 13.0. The summed E-state index contributed by atoms with van der Waals surface area (Å²) in [5.41, 5.74) is 6.77. The first kappa shape index (κ1) is 14.9. The first-order chi connectivity index (χ1) is 10.4. The van der Waals surface area contributed by atoms with E-state index in [0.717, 1.165) is 36.4 Å². The molecular formula is C18H28N2O. The molecule has 1 saturated carbocycles. The normalized spacial score (nSPS) is 26.3. The highest BCUT2D eigenvalue weighted by Gasteiger charge is 2.32. The molecule has 2 fully saturated rings. The third-order valence-electron chi connectivity index (χ3n) is 5.16. The summed E-state index contributed by atoms with van der Waals surface area (Å²) in [6.45, 7) is 3.72. The van der Waals surface area contributed by atoms with Crippen LogP contribution in [0.5, 0.6) is 5.75 Å². The van der Waals surface area contributed by atoms with Crippen LogP contribution in [0.1, 0.15) is 44.1 Å². The summed E-state index contributed by atoms with van der Waals surface area (Å²) in [5.74, 6) is 1.92. The maximum atomic E-state index is 5.91. The quantitative estimate of drug-likeness (QED) is 0.904. The van der Waals surface area contributed by atoms with E-state index in [1.807, 2.05) is 24.3 Å². The smallest absolute Gasteiger partial charge is 0.119 e. The molecule has 0 spiro atoms. The molecule has 3 rings (SSSR count). The van der Waals surface area contributed by atoms with Crippen molar-refractivity contribution in [1.29, 1.82) is 0 Å². The van der Waals surface area contributed by atoms with Crippen molar-refractivity contribution >= 4 is 0 Å². The van der Waals surface area contributed by atoms with Crippen LogP contribution < -0.4 is 10.5 Å². The van der Waals surface area contributed by atoms with Gasteiger partial charge in [-0.2, -0.15) is 0 Å². The van der Waals surface area contributed by atoms with Gasteiger partial charge in [0.25, 0.3) is 0 Å². The number of nitrogens with zero attached hydrogens (tertiary/aromatic N) is 1. The number of fused-ring (bicyclic) bond motifs is 1. The molecule has 0 aromatic heterocycles. The van der Waals surface area contributed by atoms with Gasteiger partial charge in [-0.3, -0.25) is 4.90 Å². The lowest BCUT2D eigenvalue weighted by molar-refractivity contribution is 0.0501. The maximum Gasteiger partial charge on any atom is 0.119 e. The molecule has 2 aliphatic rings. The predicted molar refractivity (Wildman–Crippen MR) is 86.4 cm³/mol. The standard InChI is InChI=1S/C18H28N2O/c19-14-15-7-9-17(10-8-15)21-13-12-20-11-3-5-16-4-1-2-6-18(16)20/h7-10,16,18H,1-6,11-14,19H2/t16-,18-/m1/s1. The Morgan fingerprint density at radius 2 is 1.81 bits per heavy atom. The molecule has 0 unspecified atom stereocenters. The van der Waals surface area contributed by atoms with Crippen molar-refractivity contribution in [3.8, 4) is 5.75 Å². The highest BCUT2D eigenvalue weighted by molar-refractivity contribution is 5.27. The van der Waals surface area contributed by atoms with Crippen LogP contribution in [-0.2, 0) is 6.54 Å². The molecule has 1 aliphatic heterocycles. The molecule has 2 atom stereocenters. The summed E-state index contributed by atoms with van der Waals surface area (Å²) >= 11 is 0. The van der Waals surface area contributed by atoms with Gasteiger partial charge in [-0.1, -0.05) is 25.0 Å². The number of likely N-dealkylation sites (tertiary alicyclic amines) is 1. The van der Waals surface area contributed by atoms with E-state index in [2.05, 4.69) is 4.90 Å². The Morgan fingerprint density at radius 1 is 1.05 bits per heavy atom. The molecule has 1 heterocycles. The predicted octanol–water partition coefficient (Wildman–Crippen LogP) is 3.18. The summed E-state index contributed by atoms with van der Waals surface area (Å²) < 4.78 is 5.91. The summed E-state index contributed by atoms with van der Waals surface area (Å²) in [7, 11) is 0. The molecule has 1 aliphatic carbocycles. The van der Waals surface area contributed by atoms with Gasteiger partial charge in [0.15, 0.2) is 0 Å². The third kappa shape index (κ3) is 3.78. The lowest BCUT2D eigenvalue weighted by atomic mass is 9.78. The molecule has 0 bridgehead atoms. The average Bonchev–Trinajstić information content (AvgIpc) is 2.56. The molecule has 3 nitrogen and oxygen atoms in total. The third-order valence-corrected chi connectivity index (χ3v) is 5.16. The van der Waals surface area contributed by atoms with Crippen molar-refractivity contribution in [2.24, 2.45) is 11.7 Å². The minimum atomic E-state index is 0.594. The molecule has 3 heteroatoms. The van der Waals surface area contributed by atoms with Crippen LogP contribution in [0.4, 0.5) is 0 Å². The van der Waals surface area contributed by atoms with E-state index in [1.54, 1.807) is 0 Å². The second-order valence-corrected chi connectivity index (χ2v) is 6.49. The van der Waals surface area contributed by atoms with Crippen molar-refractivity contribution in [3.63, 3.8) is 0 Å². The van der Waals surface area contributed by atoms with E-state index in [1.165, 1.54) is 45.1 Å². The van der Waals surface area contributed by atoms with Gasteiger partial charge >= 0.3 is 0 Å². The van der Waals surface area contributed by atoms with Gasteiger partial charge in [0, 0.05) is 19.1 Å². The van der Waals surface area contributed by atoms with Crippen molar-refractivity contribution in [2.75, 3.05) is 19.7 Å². The number of ether oxygens (including phenoxy) is 1. The number of benzene rings is 1. The number of hydrogen-bond donors (Lipinski definition) is 1. The minimum absolute atomic E-state index is 0.594. The Bertz CT molecular complexity index is 429. The maximum absolute atomic E-state index is 5.91. The Hall–Kier alpha value is -1.06. The van der Waals surface area contributed by atoms with Crippen LogP contribution in [0.2, 0.25) is 0 Å². The highest BCUT2D eigenvalue weighted by atomic mass is 16.5. The first-order valence-corrected chi connectivity index (χ1v) is 8.52. The van der Waals surface area contributed by atoms with Crippen LogP contribution in [0.3, 0.4) is 0 Å². The first-order valence-electron chi connectivity index (χ1n) is 8.52.